The number of benzene rings is 2. The lowest BCUT2D eigenvalue weighted by atomic mass is 9.90. The number of nitrogens with one attached hydrogen (secondary N) is 2. The third-order valence-corrected chi connectivity index (χ3v) is 5.60. The van der Waals surface area contributed by atoms with Gasteiger partial charge in [-0.25, -0.2) is 0 Å². The maximum Gasteiger partial charge on any atom is 0.237 e. The second kappa shape index (κ2) is 10.0. The molecule has 0 radical (unpaired) electrons. The highest BCUT2D eigenvalue weighted by Crippen LogP contribution is 2.27. The summed E-state index contributed by atoms with van der Waals surface area (Å²) in [6.45, 7) is 2.21. The van der Waals surface area contributed by atoms with Gasteiger partial charge in [-0.2, -0.15) is 0 Å². The van der Waals surface area contributed by atoms with E-state index in [1.165, 1.54) is 17.4 Å². The van der Waals surface area contributed by atoms with Gasteiger partial charge in [0.1, 0.15) is 12.0 Å². The van der Waals surface area contributed by atoms with Crippen LogP contribution in [-0.4, -0.2) is 47.5 Å². The largest absolute Gasteiger partial charge is 0.364 e. The number of amides is 2. The Labute approximate surface area is 181 Å². The third kappa shape index (κ3) is 5.38. The van der Waals surface area contributed by atoms with Gasteiger partial charge in [0.15, 0.2) is 0 Å². The normalized spacial score (nSPS) is 16.8. The molecule has 0 aliphatic carbocycles. The highest BCUT2D eigenvalue weighted by Gasteiger charge is 2.33. The number of rotatable bonds is 8. The highest BCUT2D eigenvalue weighted by atomic mass is 16.5. The summed E-state index contributed by atoms with van der Waals surface area (Å²) in [6.07, 6.45) is 1.56. The van der Waals surface area contributed by atoms with E-state index in [4.69, 9.17) is 4.52 Å². The van der Waals surface area contributed by atoms with Crippen molar-refractivity contribution in [2.45, 2.75) is 24.9 Å². The lowest BCUT2D eigenvalue weighted by Crippen LogP contribution is -2.57. The summed E-state index contributed by atoms with van der Waals surface area (Å²) in [7, 11) is 0. The zero-order valence-corrected chi connectivity index (χ0v) is 17.2. The average molecular weight is 418 g/mol. The molecule has 7 heteroatoms. The molecule has 1 aromatic heterocycles. The van der Waals surface area contributed by atoms with E-state index in [0.717, 1.165) is 0 Å². The van der Waals surface area contributed by atoms with Crippen molar-refractivity contribution in [1.29, 1.82) is 0 Å². The molecule has 2 N–H and O–H groups in total. The molecule has 3 aromatic rings. The van der Waals surface area contributed by atoms with Crippen LogP contribution in [0.25, 0.3) is 0 Å². The van der Waals surface area contributed by atoms with Crippen LogP contribution in [0.4, 0.5) is 0 Å². The van der Waals surface area contributed by atoms with Crippen LogP contribution in [0.5, 0.6) is 0 Å². The number of aromatic nitrogens is 1. The van der Waals surface area contributed by atoms with Gasteiger partial charge in [0.05, 0.1) is 19.0 Å². The van der Waals surface area contributed by atoms with Crippen LogP contribution in [0.2, 0.25) is 0 Å². The Morgan fingerprint density at radius 1 is 1.10 bits per heavy atom. The first-order valence-corrected chi connectivity index (χ1v) is 10.5. The maximum absolute atomic E-state index is 12.7. The molecule has 2 aromatic carbocycles. The van der Waals surface area contributed by atoms with Crippen LogP contribution in [0.3, 0.4) is 0 Å². The van der Waals surface area contributed by atoms with Crippen molar-refractivity contribution < 1.29 is 14.1 Å². The Morgan fingerprint density at radius 2 is 1.77 bits per heavy atom. The van der Waals surface area contributed by atoms with E-state index < -0.39 is 6.04 Å². The van der Waals surface area contributed by atoms with Gasteiger partial charge in [0, 0.05) is 31.6 Å². The van der Waals surface area contributed by atoms with E-state index in [2.05, 4.69) is 45.0 Å². The number of piperazine rings is 1. The highest BCUT2D eigenvalue weighted by molar-refractivity contribution is 5.88. The number of nitrogens with zero attached hydrogens (tertiary/aromatic N) is 2. The fourth-order valence-corrected chi connectivity index (χ4v) is 3.98. The second-order valence-electron chi connectivity index (χ2n) is 7.65. The summed E-state index contributed by atoms with van der Waals surface area (Å²) < 4.78 is 4.79. The Morgan fingerprint density at radius 3 is 2.39 bits per heavy atom. The molecule has 0 spiro atoms. The first kappa shape index (κ1) is 20.8. The molecule has 2 amide bonds. The summed E-state index contributed by atoms with van der Waals surface area (Å²) in [5.74, 6) is -0.192. The Kier molecular flexibility index (Phi) is 6.74. The van der Waals surface area contributed by atoms with E-state index in [0.29, 0.717) is 25.3 Å². The monoisotopic (exact) mass is 418 g/mol. The molecule has 160 valence electrons. The van der Waals surface area contributed by atoms with Gasteiger partial charge in [-0.05, 0) is 11.1 Å². The molecule has 31 heavy (non-hydrogen) atoms. The van der Waals surface area contributed by atoms with Crippen LogP contribution in [0, 0.1) is 0 Å². The van der Waals surface area contributed by atoms with Crippen LogP contribution in [0.1, 0.15) is 29.2 Å². The van der Waals surface area contributed by atoms with Crippen molar-refractivity contribution in [2.75, 3.05) is 19.6 Å². The molecular weight excluding hydrogens is 392 g/mol. The SMILES string of the molecule is O=C(CC1C(=O)NCCN1CC(c1ccccc1)c1ccccc1)NCc1ccon1. The number of hydrogen-bond acceptors (Lipinski definition) is 5. The number of carbonyl (C=O) groups excluding carboxylic acids is 2. The summed E-state index contributed by atoms with van der Waals surface area (Å²) in [6, 6.07) is 21.8. The molecule has 4 rings (SSSR count). The van der Waals surface area contributed by atoms with Crippen LogP contribution in [0.15, 0.2) is 77.5 Å². The Hall–Kier alpha value is -3.45. The van der Waals surface area contributed by atoms with Crippen molar-refractivity contribution in [2.24, 2.45) is 0 Å². The van der Waals surface area contributed by atoms with Crippen molar-refractivity contribution in [3.63, 3.8) is 0 Å². The predicted octanol–water partition coefficient (Wildman–Crippen LogP) is 2.31. The van der Waals surface area contributed by atoms with Gasteiger partial charge in [0.25, 0.3) is 0 Å². The van der Waals surface area contributed by atoms with Gasteiger partial charge >= 0.3 is 0 Å². The topological polar surface area (TPSA) is 87.5 Å². The fraction of sp³-hybridized carbons (Fsp3) is 0.292. The molecule has 1 unspecified atom stereocenters. The van der Waals surface area contributed by atoms with Crippen molar-refractivity contribution >= 4 is 11.8 Å². The minimum absolute atomic E-state index is 0.0972. The number of hydrogen-bond donors (Lipinski definition) is 2. The zero-order valence-electron chi connectivity index (χ0n) is 17.2. The third-order valence-electron chi connectivity index (χ3n) is 5.60. The molecule has 0 bridgehead atoms. The standard InChI is InChI=1S/C24H26N4O3/c29-23(26-16-20-11-14-31-27-20)15-22-24(30)25-12-13-28(22)17-21(18-7-3-1-4-8-18)19-9-5-2-6-10-19/h1-11,14,21-22H,12-13,15-17H2,(H,25,30)(H,26,29). The summed E-state index contributed by atoms with van der Waals surface area (Å²) in [4.78, 5) is 27.3. The van der Waals surface area contributed by atoms with E-state index in [1.807, 2.05) is 36.4 Å². The van der Waals surface area contributed by atoms with Crippen molar-refractivity contribution in [1.82, 2.24) is 20.7 Å². The minimum Gasteiger partial charge on any atom is -0.364 e. The van der Waals surface area contributed by atoms with Gasteiger partial charge in [0.2, 0.25) is 11.8 Å². The van der Waals surface area contributed by atoms with Gasteiger partial charge in [-0.1, -0.05) is 65.8 Å². The fourth-order valence-electron chi connectivity index (χ4n) is 3.98. The van der Waals surface area contributed by atoms with E-state index in [-0.39, 0.29) is 30.7 Å². The lowest BCUT2D eigenvalue weighted by Gasteiger charge is -2.37. The predicted molar refractivity (Wildman–Crippen MR) is 116 cm³/mol. The van der Waals surface area contributed by atoms with Crippen LogP contribution >= 0.6 is 0 Å². The van der Waals surface area contributed by atoms with Crippen LogP contribution in [-0.2, 0) is 16.1 Å². The summed E-state index contributed by atoms with van der Waals surface area (Å²) >= 11 is 0. The first-order chi connectivity index (χ1) is 15.2. The van der Waals surface area contributed by atoms with Gasteiger partial charge < -0.3 is 15.2 Å². The molecule has 7 nitrogen and oxygen atoms in total. The molecule has 0 saturated carbocycles. The lowest BCUT2D eigenvalue weighted by molar-refractivity contribution is -0.134. The zero-order chi connectivity index (χ0) is 21.5. The Bertz CT molecular complexity index is 937. The van der Waals surface area contributed by atoms with E-state index in [1.54, 1.807) is 6.07 Å². The molecule has 1 aliphatic rings. The smallest absolute Gasteiger partial charge is 0.237 e. The quantitative estimate of drug-likeness (QED) is 0.586. The minimum atomic E-state index is -0.513. The Balaban J connectivity index is 1.49. The van der Waals surface area contributed by atoms with Gasteiger partial charge in [-0.15, -0.1) is 0 Å². The maximum atomic E-state index is 12.7. The molecule has 2 heterocycles. The van der Waals surface area contributed by atoms with E-state index >= 15 is 0 Å². The summed E-state index contributed by atoms with van der Waals surface area (Å²) in [5.41, 5.74) is 3.02. The molecular formula is C24H26N4O3. The van der Waals surface area contributed by atoms with Gasteiger partial charge in [-0.3, -0.25) is 14.5 Å². The van der Waals surface area contributed by atoms with Crippen LogP contribution < -0.4 is 10.6 Å². The van der Waals surface area contributed by atoms with Crippen molar-refractivity contribution in [3.05, 3.63) is 89.8 Å². The summed E-state index contributed by atoms with van der Waals surface area (Å²) in [5, 5.41) is 9.52. The average Bonchev–Trinajstić information content (AvgIpc) is 3.33. The second-order valence-corrected chi connectivity index (χ2v) is 7.65. The molecule has 1 aliphatic heterocycles. The van der Waals surface area contributed by atoms with Crippen molar-refractivity contribution in [3.8, 4) is 0 Å². The number of carbonyl (C=O) groups is 2. The first-order valence-electron chi connectivity index (χ1n) is 10.5. The molecule has 1 fully saturated rings. The molecule has 1 saturated heterocycles. The van der Waals surface area contributed by atoms with E-state index in [9.17, 15) is 9.59 Å². The molecule has 1 atom stereocenters.